The summed E-state index contributed by atoms with van der Waals surface area (Å²) in [7, 11) is 0. The van der Waals surface area contributed by atoms with Gasteiger partial charge in [-0.3, -0.25) is 10.3 Å². The minimum absolute atomic E-state index is 0. The van der Waals surface area contributed by atoms with Gasteiger partial charge in [-0.25, -0.2) is 4.79 Å². The molecule has 1 aromatic heterocycles. The molecule has 1 heterocycles. The third-order valence-electron chi connectivity index (χ3n) is 4.73. The number of benzene rings is 1. The Morgan fingerprint density at radius 3 is 2.50 bits per heavy atom. The molecule has 36 heavy (non-hydrogen) atoms. The lowest BCUT2D eigenvalue weighted by atomic mass is 10.2. The van der Waals surface area contributed by atoms with Crippen molar-refractivity contribution in [1.29, 1.82) is 5.26 Å². The van der Waals surface area contributed by atoms with Crippen LogP contribution in [0.5, 0.6) is 5.75 Å². The van der Waals surface area contributed by atoms with E-state index in [-0.39, 0.29) is 19.1 Å². The first-order valence-electron chi connectivity index (χ1n) is 11.6. The normalized spacial score (nSPS) is 10.5. The van der Waals surface area contributed by atoms with Gasteiger partial charge in [0.1, 0.15) is 5.75 Å². The lowest BCUT2D eigenvalue weighted by Gasteiger charge is -2.08. The van der Waals surface area contributed by atoms with Gasteiger partial charge in [-0.05, 0) is 56.5 Å². The van der Waals surface area contributed by atoms with Crippen LogP contribution in [-0.4, -0.2) is 38.3 Å². The van der Waals surface area contributed by atoms with Gasteiger partial charge in [-0.2, -0.15) is 9.83 Å². The molecule has 10 nitrogen and oxygen atoms in total. The van der Waals surface area contributed by atoms with Crippen molar-refractivity contribution in [3.8, 4) is 11.9 Å². The van der Waals surface area contributed by atoms with Crippen molar-refractivity contribution in [2.75, 3.05) is 31.6 Å². The number of nitrogens with zero attached hydrogens (tertiary/aromatic N) is 3. The fourth-order valence-electron chi connectivity index (χ4n) is 2.88. The largest absolute Gasteiger partial charge is 1.00 e. The maximum atomic E-state index is 11.6. The molecule has 0 spiro atoms. The SMILES string of the molecule is N#CN/C(=N/CCCCCCOc1ccc(Cl)cc1)Nc1cc[n+](COC(=O)NCCCN)cc1.[Cl-]. The van der Waals surface area contributed by atoms with E-state index in [2.05, 4.69) is 20.9 Å². The average Bonchev–Trinajstić information content (AvgIpc) is 2.86. The average molecular weight is 538 g/mol. The van der Waals surface area contributed by atoms with Crippen molar-refractivity contribution < 1.29 is 31.2 Å². The molecule has 12 heteroatoms. The highest BCUT2D eigenvalue weighted by Crippen LogP contribution is 2.16. The summed E-state index contributed by atoms with van der Waals surface area (Å²) in [5.41, 5.74) is 6.13. The molecule has 0 bridgehead atoms. The molecular formula is C24H33Cl2N7O3. The van der Waals surface area contributed by atoms with Crippen molar-refractivity contribution in [2.45, 2.75) is 38.8 Å². The van der Waals surface area contributed by atoms with Crippen LogP contribution < -0.4 is 43.4 Å². The number of carbonyl (C=O) groups excluding carboxylic acids is 1. The number of rotatable bonds is 14. The fourth-order valence-corrected chi connectivity index (χ4v) is 3.01. The van der Waals surface area contributed by atoms with Crippen molar-refractivity contribution in [3.63, 3.8) is 0 Å². The van der Waals surface area contributed by atoms with E-state index in [1.807, 2.05) is 30.5 Å². The predicted molar refractivity (Wildman–Crippen MR) is 135 cm³/mol. The molecular weight excluding hydrogens is 505 g/mol. The zero-order valence-electron chi connectivity index (χ0n) is 20.1. The van der Waals surface area contributed by atoms with Crippen LogP contribution >= 0.6 is 11.6 Å². The Labute approximate surface area is 223 Å². The van der Waals surface area contributed by atoms with Crippen molar-refractivity contribution in [1.82, 2.24) is 10.6 Å². The molecule has 0 aliphatic rings. The van der Waals surface area contributed by atoms with Crippen LogP contribution in [0.1, 0.15) is 32.1 Å². The third-order valence-corrected chi connectivity index (χ3v) is 4.98. The summed E-state index contributed by atoms with van der Waals surface area (Å²) < 4.78 is 12.5. The predicted octanol–water partition coefficient (Wildman–Crippen LogP) is 0.142. The molecule has 196 valence electrons. The first-order valence-corrected chi connectivity index (χ1v) is 11.9. The number of nitrogens with one attached hydrogen (secondary N) is 3. The summed E-state index contributed by atoms with van der Waals surface area (Å²) in [6, 6.07) is 10.9. The number of amides is 1. The number of hydrogen-bond acceptors (Lipinski definition) is 6. The lowest BCUT2D eigenvalue weighted by molar-refractivity contribution is -0.727. The summed E-state index contributed by atoms with van der Waals surface area (Å²) in [5.74, 6) is 1.20. The molecule has 2 rings (SSSR count). The van der Waals surface area contributed by atoms with Gasteiger partial charge in [0, 0.05) is 30.2 Å². The Bertz CT molecular complexity index is 952. The second kappa shape index (κ2) is 19.0. The molecule has 5 N–H and O–H groups in total. The number of alkyl carbamates (subject to hydrolysis) is 1. The van der Waals surface area contributed by atoms with Crippen LogP contribution in [0.3, 0.4) is 0 Å². The Hall–Kier alpha value is -3.26. The number of anilines is 1. The molecule has 0 unspecified atom stereocenters. The van der Waals surface area contributed by atoms with Gasteiger partial charge >= 0.3 is 6.09 Å². The number of halogens is 2. The standard InChI is InChI=1S/C24H32ClN7O3.ClH/c25-20-6-8-22(9-7-20)34-17-4-2-1-3-13-28-23(30-18-27)31-21-10-15-32(16-11-21)19-35-24(33)29-14-5-12-26;/h6-11,15-16H,1-5,12-14,17,19,26H2,(H2,28,29,30,33);1H. The maximum absolute atomic E-state index is 11.6. The second-order valence-corrected chi connectivity index (χ2v) is 7.98. The molecule has 0 saturated carbocycles. The Balaban J connectivity index is 0.00000648. The number of nitrogens with two attached hydrogens (primary N) is 1. The van der Waals surface area contributed by atoms with Gasteiger partial charge < -0.3 is 38.2 Å². The van der Waals surface area contributed by atoms with Gasteiger partial charge in [-0.15, -0.1) is 0 Å². The molecule has 1 aromatic carbocycles. The van der Waals surface area contributed by atoms with Crippen molar-refractivity contribution in [2.24, 2.45) is 10.7 Å². The van der Waals surface area contributed by atoms with Crippen LogP contribution in [0.4, 0.5) is 10.5 Å². The molecule has 0 atom stereocenters. The summed E-state index contributed by atoms with van der Waals surface area (Å²) in [4.78, 5) is 16.0. The van der Waals surface area contributed by atoms with Crippen molar-refractivity contribution in [3.05, 3.63) is 53.8 Å². The Morgan fingerprint density at radius 2 is 1.81 bits per heavy atom. The van der Waals surface area contributed by atoms with Crippen molar-refractivity contribution >= 4 is 29.3 Å². The molecule has 0 aliphatic carbocycles. The number of pyridine rings is 1. The summed E-state index contributed by atoms with van der Waals surface area (Å²) in [5, 5.41) is 18.0. The van der Waals surface area contributed by atoms with Crippen LogP contribution in [0.15, 0.2) is 53.8 Å². The molecule has 2 aromatic rings. The van der Waals surface area contributed by atoms with E-state index in [0.717, 1.165) is 37.1 Å². The highest BCUT2D eigenvalue weighted by molar-refractivity contribution is 6.30. The highest BCUT2D eigenvalue weighted by atomic mass is 35.5. The zero-order chi connectivity index (χ0) is 25.1. The Kier molecular flexibility index (Phi) is 16.2. The summed E-state index contributed by atoms with van der Waals surface area (Å²) in [6.45, 7) is 2.32. The number of aromatic nitrogens is 1. The first-order chi connectivity index (χ1) is 17.1. The summed E-state index contributed by atoms with van der Waals surface area (Å²) in [6.07, 6.45) is 9.51. The van der Waals surface area contributed by atoms with E-state index in [1.54, 1.807) is 29.1 Å². The fraction of sp³-hybridized carbons (Fsp3) is 0.417. The monoisotopic (exact) mass is 537 g/mol. The minimum atomic E-state index is -0.491. The molecule has 1 amide bonds. The number of nitriles is 1. The van der Waals surface area contributed by atoms with E-state index in [1.165, 1.54) is 0 Å². The number of aliphatic imine (C=N–C) groups is 1. The third kappa shape index (κ3) is 13.6. The number of unbranched alkanes of at least 4 members (excludes halogenated alkanes) is 3. The van der Waals surface area contributed by atoms with Crippen LogP contribution in [-0.2, 0) is 11.5 Å². The second-order valence-electron chi connectivity index (χ2n) is 7.54. The number of guanidine groups is 1. The smallest absolute Gasteiger partial charge is 0.411 e. The van der Waals surface area contributed by atoms with E-state index >= 15 is 0 Å². The van der Waals surface area contributed by atoms with Gasteiger partial charge in [-0.1, -0.05) is 18.0 Å². The Morgan fingerprint density at radius 1 is 1.08 bits per heavy atom. The molecule has 0 radical (unpaired) electrons. The van der Waals surface area contributed by atoms with Gasteiger partial charge in [0.25, 0.3) is 6.73 Å². The van der Waals surface area contributed by atoms with E-state index in [9.17, 15) is 4.79 Å². The van der Waals surface area contributed by atoms with Gasteiger partial charge in [0.2, 0.25) is 5.96 Å². The zero-order valence-corrected chi connectivity index (χ0v) is 21.6. The van der Waals surface area contributed by atoms with Crippen LogP contribution in [0.25, 0.3) is 0 Å². The van der Waals surface area contributed by atoms with Crippen LogP contribution in [0, 0.1) is 11.5 Å². The van der Waals surface area contributed by atoms with E-state index < -0.39 is 6.09 Å². The van der Waals surface area contributed by atoms with Gasteiger partial charge in [0.15, 0.2) is 18.6 Å². The maximum Gasteiger partial charge on any atom is 0.411 e. The van der Waals surface area contributed by atoms with Crippen LogP contribution in [0.2, 0.25) is 5.02 Å². The number of hydrogen-bond donors (Lipinski definition) is 4. The topological polar surface area (TPSA) is 138 Å². The molecule has 0 fully saturated rings. The molecule has 0 aliphatic heterocycles. The van der Waals surface area contributed by atoms with E-state index in [4.69, 9.17) is 32.1 Å². The highest BCUT2D eigenvalue weighted by Gasteiger charge is 2.07. The molecule has 0 saturated heterocycles. The summed E-state index contributed by atoms with van der Waals surface area (Å²) >= 11 is 5.86. The number of ether oxygens (including phenoxy) is 2. The lowest BCUT2D eigenvalue weighted by Crippen LogP contribution is -3.00. The first kappa shape index (κ1) is 30.8. The minimum Gasteiger partial charge on any atom is -1.00 e. The van der Waals surface area contributed by atoms with Gasteiger partial charge in [0.05, 0.1) is 12.3 Å². The van der Waals surface area contributed by atoms with E-state index in [0.29, 0.717) is 43.6 Å². The number of carbonyl (C=O) groups is 1. The quantitative estimate of drug-likeness (QED) is 0.0671.